The Morgan fingerprint density at radius 3 is 2.30 bits per heavy atom. The second kappa shape index (κ2) is 9.58. The highest BCUT2D eigenvalue weighted by atomic mass is 15.0. The molecule has 1 aliphatic rings. The summed E-state index contributed by atoms with van der Waals surface area (Å²) in [7, 11) is 0. The SMILES string of the molecule is CC(C)C1C=CC(NC(Cc2ccccc2)c2cccc(-c3ccccc3)n2)=CC1. The summed E-state index contributed by atoms with van der Waals surface area (Å²) >= 11 is 0. The molecule has 152 valence electrons. The van der Waals surface area contributed by atoms with E-state index in [1.807, 2.05) is 6.07 Å². The molecule has 4 rings (SSSR count). The van der Waals surface area contributed by atoms with E-state index in [2.05, 4.69) is 110 Å². The number of hydrogen-bond donors (Lipinski definition) is 1. The lowest BCUT2D eigenvalue weighted by Crippen LogP contribution is -2.24. The molecule has 2 unspecified atom stereocenters. The molecule has 0 aliphatic heterocycles. The van der Waals surface area contributed by atoms with Crippen LogP contribution >= 0.6 is 0 Å². The van der Waals surface area contributed by atoms with Gasteiger partial charge >= 0.3 is 0 Å². The minimum absolute atomic E-state index is 0.113. The molecule has 1 aliphatic carbocycles. The lowest BCUT2D eigenvalue weighted by molar-refractivity contribution is 0.461. The van der Waals surface area contributed by atoms with Crippen molar-refractivity contribution in [3.8, 4) is 11.3 Å². The highest BCUT2D eigenvalue weighted by Crippen LogP contribution is 2.26. The quantitative estimate of drug-likeness (QED) is 0.480. The van der Waals surface area contributed by atoms with E-state index in [0.717, 1.165) is 29.8 Å². The van der Waals surface area contributed by atoms with Crippen LogP contribution < -0.4 is 5.32 Å². The number of aromatic nitrogens is 1. The van der Waals surface area contributed by atoms with Crippen molar-refractivity contribution in [1.29, 1.82) is 0 Å². The normalized spacial score (nSPS) is 16.9. The number of nitrogens with one attached hydrogen (secondary N) is 1. The summed E-state index contributed by atoms with van der Waals surface area (Å²) in [5, 5.41) is 3.77. The van der Waals surface area contributed by atoms with Gasteiger partial charge in [-0.05, 0) is 48.4 Å². The Morgan fingerprint density at radius 1 is 0.900 bits per heavy atom. The van der Waals surface area contributed by atoms with E-state index in [9.17, 15) is 0 Å². The number of pyridine rings is 1. The van der Waals surface area contributed by atoms with E-state index in [0.29, 0.717) is 11.8 Å². The molecule has 0 saturated carbocycles. The lowest BCUT2D eigenvalue weighted by Gasteiger charge is -2.25. The Morgan fingerprint density at radius 2 is 1.63 bits per heavy atom. The molecule has 0 bridgehead atoms. The maximum atomic E-state index is 5.03. The summed E-state index contributed by atoms with van der Waals surface area (Å²) in [4.78, 5) is 5.03. The smallest absolute Gasteiger partial charge is 0.0725 e. The zero-order chi connectivity index (χ0) is 20.8. The summed E-state index contributed by atoms with van der Waals surface area (Å²) in [5.74, 6) is 1.30. The molecule has 2 nitrogen and oxygen atoms in total. The third-order valence-corrected chi connectivity index (χ3v) is 5.81. The molecule has 1 N–H and O–H groups in total. The van der Waals surface area contributed by atoms with Gasteiger partial charge in [-0.2, -0.15) is 0 Å². The highest BCUT2D eigenvalue weighted by molar-refractivity contribution is 5.58. The van der Waals surface area contributed by atoms with Gasteiger partial charge in [-0.25, -0.2) is 0 Å². The van der Waals surface area contributed by atoms with E-state index in [1.165, 1.54) is 11.3 Å². The molecular weight excluding hydrogens is 364 g/mol. The fraction of sp³-hybridized carbons (Fsp3) is 0.250. The van der Waals surface area contributed by atoms with E-state index in [1.54, 1.807) is 0 Å². The first-order chi connectivity index (χ1) is 14.7. The van der Waals surface area contributed by atoms with Crippen LogP contribution in [0.5, 0.6) is 0 Å². The van der Waals surface area contributed by atoms with Crippen LogP contribution in [0.25, 0.3) is 11.3 Å². The average Bonchev–Trinajstić information content (AvgIpc) is 2.80. The maximum Gasteiger partial charge on any atom is 0.0725 e. The molecule has 0 spiro atoms. The molecule has 2 aromatic carbocycles. The van der Waals surface area contributed by atoms with Crippen LogP contribution in [0.15, 0.2) is 103 Å². The van der Waals surface area contributed by atoms with Crippen LogP contribution in [0.4, 0.5) is 0 Å². The van der Waals surface area contributed by atoms with Gasteiger partial charge in [0.2, 0.25) is 0 Å². The van der Waals surface area contributed by atoms with Gasteiger partial charge in [0.1, 0.15) is 0 Å². The Bertz CT molecular complexity index is 1000. The van der Waals surface area contributed by atoms with Crippen LogP contribution in [0.2, 0.25) is 0 Å². The molecule has 0 saturated heterocycles. The van der Waals surface area contributed by atoms with E-state index < -0.39 is 0 Å². The van der Waals surface area contributed by atoms with E-state index >= 15 is 0 Å². The molecule has 30 heavy (non-hydrogen) atoms. The molecule has 3 aromatic rings. The highest BCUT2D eigenvalue weighted by Gasteiger charge is 2.18. The van der Waals surface area contributed by atoms with Crippen molar-refractivity contribution in [2.24, 2.45) is 11.8 Å². The lowest BCUT2D eigenvalue weighted by atomic mass is 9.89. The first-order valence-corrected chi connectivity index (χ1v) is 10.9. The Kier molecular flexibility index (Phi) is 6.44. The summed E-state index contributed by atoms with van der Waals surface area (Å²) in [6, 6.07) is 27.5. The standard InChI is InChI=1S/C28H30N2/c1-21(2)23-16-18-25(19-17-23)29-28(20-22-10-5-3-6-11-22)27-15-9-14-26(30-27)24-12-7-4-8-13-24/h3-16,18-19,21,23,28-29H,17,20H2,1-2H3. The molecule has 1 aromatic heterocycles. The van der Waals surface area contributed by atoms with Crippen molar-refractivity contribution in [1.82, 2.24) is 10.3 Å². The minimum atomic E-state index is 0.113. The Hall–Kier alpha value is -3.13. The van der Waals surface area contributed by atoms with Gasteiger partial charge in [0.15, 0.2) is 0 Å². The zero-order valence-electron chi connectivity index (χ0n) is 17.8. The molecule has 0 fully saturated rings. The largest absolute Gasteiger partial charge is 0.377 e. The van der Waals surface area contributed by atoms with Crippen molar-refractivity contribution in [3.05, 3.63) is 114 Å². The summed E-state index contributed by atoms with van der Waals surface area (Å²) in [6.45, 7) is 4.58. The topological polar surface area (TPSA) is 24.9 Å². The monoisotopic (exact) mass is 394 g/mol. The second-order valence-corrected chi connectivity index (χ2v) is 8.36. The summed E-state index contributed by atoms with van der Waals surface area (Å²) in [6.07, 6.45) is 8.91. The van der Waals surface area contributed by atoms with Gasteiger partial charge in [0.25, 0.3) is 0 Å². The zero-order valence-corrected chi connectivity index (χ0v) is 17.8. The van der Waals surface area contributed by atoms with Crippen molar-refractivity contribution >= 4 is 0 Å². The van der Waals surface area contributed by atoms with Crippen LogP contribution in [-0.2, 0) is 6.42 Å². The molecule has 1 heterocycles. The predicted octanol–water partition coefficient (Wildman–Crippen LogP) is 6.74. The van der Waals surface area contributed by atoms with Gasteiger partial charge in [0, 0.05) is 11.3 Å². The maximum absolute atomic E-state index is 5.03. The van der Waals surface area contributed by atoms with Gasteiger partial charge in [0.05, 0.1) is 17.4 Å². The predicted molar refractivity (Wildman–Crippen MR) is 126 cm³/mol. The fourth-order valence-electron chi connectivity index (χ4n) is 3.93. The molecule has 0 amide bonds. The second-order valence-electron chi connectivity index (χ2n) is 8.36. The van der Waals surface area contributed by atoms with Gasteiger partial charge in [-0.1, -0.05) is 92.7 Å². The Labute approximate surface area is 180 Å². The third-order valence-electron chi connectivity index (χ3n) is 5.81. The van der Waals surface area contributed by atoms with Crippen molar-refractivity contribution in [2.45, 2.75) is 32.7 Å². The molecular formula is C28H30N2. The molecule has 0 radical (unpaired) electrons. The molecule has 2 heteroatoms. The number of hydrogen-bond acceptors (Lipinski definition) is 2. The van der Waals surface area contributed by atoms with Crippen LogP contribution in [0.1, 0.15) is 37.6 Å². The number of nitrogens with zero attached hydrogens (tertiary/aromatic N) is 1. The van der Waals surface area contributed by atoms with Gasteiger partial charge in [-0.15, -0.1) is 0 Å². The minimum Gasteiger partial charge on any atom is -0.377 e. The average molecular weight is 395 g/mol. The van der Waals surface area contributed by atoms with Crippen LogP contribution in [0.3, 0.4) is 0 Å². The van der Waals surface area contributed by atoms with Crippen molar-refractivity contribution in [2.75, 3.05) is 0 Å². The van der Waals surface area contributed by atoms with E-state index in [-0.39, 0.29) is 6.04 Å². The number of allylic oxidation sites excluding steroid dienone is 3. The fourth-order valence-corrected chi connectivity index (χ4v) is 3.93. The number of rotatable bonds is 7. The first-order valence-electron chi connectivity index (χ1n) is 10.9. The summed E-state index contributed by atoms with van der Waals surface area (Å²) < 4.78 is 0. The van der Waals surface area contributed by atoms with Gasteiger partial charge in [-0.3, -0.25) is 4.98 Å². The van der Waals surface area contributed by atoms with Crippen molar-refractivity contribution in [3.63, 3.8) is 0 Å². The molecule has 2 atom stereocenters. The number of benzene rings is 2. The van der Waals surface area contributed by atoms with E-state index in [4.69, 9.17) is 4.98 Å². The van der Waals surface area contributed by atoms with Crippen LogP contribution in [0, 0.1) is 11.8 Å². The van der Waals surface area contributed by atoms with Crippen LogP contribution in [-0.4, -0.2) is 4.98 Å². The Balaban J connectivity index is 1.60. The third kappa shape index (κ3) is 5.07. The van der Waals surface area contributed by atoms with Crippen molar-refractivity contribution < 1.29 is 0 Å². The summed E-state index contributed by atoms with van der Waals surface area (Å²) in [5.41, 5.74) is 5.73. The first kappa shape index (κ1) is 20.2. The van der Waals surface area contributed by atoms with Gasteiger partial charge < -0.3 is 5.32 Å².